The van der Waals surface area contributed by atoms with E-state index in [1.54, 1.807) is 7.11 Å². The highest BCUT2D eigenvalue weighted by Gasteiger charge is 2.20. The van der Waals surface area contributed by atoms with Gasteiger partial charge in [0.25, 0.3) is 0 Å². The summed E-state index contributed by atoms with van der Waals surface area (Å²) in [6.45, 7) is 2.05. The van der Waals surface area contributed by atoms with E-state index >= 15 is 0 Å². The van der Waals surface area contributed by atoms with Gasteiger partial charge in [-0.1, -0.05) is 36.5 Å². The standard InChI is InChI=1S/C17H20N2OS/c1-20-12-8-10-19(11-9-12)16-7-6-15(17(18)21)13-4-2-3-5-14(13)16/h2-7,12H,8-11H2,1H3,(H2,18,21). The number of benzene rings is 2. The van der Waals surface area contributed by atoms with Crippen LogP contribution in [0.3, 0.4) is 0 Å². The second kappa shape index (κ2) is 6.00. The Morgan fingerprint density at radius 2 is 1.81 bits per heavy atom. The quantitative estimate of drug-likeness (QED) is 0.884. The van der Waals surface area contributed by atoms with Gasteiger partial charge in [0.15, 0.2) is 0 Å². The normalized spacial score (nSPS) is 16.3. The third-order valence-corrected chi connectivity index (χ3v) is 4.50. The lowest BCUT2D eigenvalue weighted by molar-refractivity contribution is 0.0819. The van der Waals surface area contributed by atoms with Crippen LogP contribution in [-0.2, 0) is 4.74 Å². The van der Waals surface area contributed by atoms with Gasteiger partial charge in [0.1, 0.15) is 4.99 Å². The molecule has 3 nitrogen and oxygen atoms in total. The van der Waals surface area contributed by atoms with E-state index in [4.69, 9.17) is 22.7 Å². The maximum atomic E-state index is 5.85. The Labute approximate surface area is 130 Å². The van der Waals surface area contributed by atoms with Crippen LogP contribution in [0.15, 0.2) is 36.4 Å². The van der Waals surface area contributed by atoms with Crippen molar-refractivity contribution in [3.05, 3.63) is 42.0 Å². The number of hydrogen-bond acceptors (Lipinski definition) is 3. The van der Waals surface area contributed by atoms with Crippen LogP contribution in [0.25, 0.3) is 10.8 Å². The SMILES string of the molecule is COC1CCN(c2ccc(C(N)=S)c3ccccc23)CC1. The van der Waals surface area contributed by atoms with Gasteiger partial charge in [0.05, 0.1) is 6.10 Å². The van der Waals surface area contributed by atoms with Crippen molar-refractivity contribution in [2.75, 3.05) is 25.1 Å². The van der Waals surface area contributed by atoms with Crippen molar-refractivity contribution in [2.24, 2.45) is 5.73 Å². The van der Waals surface area contributed by atoms with Gasteiger partial charge in [-0.2, -0.15) is 0 Å². The number of thiocarbonyl (C=S) groups is 1. The fraction of sp³-hybridized carbons (Fsp3) is 0.353. The molecule has 0 atom stereocenters. The topological polar surface area (TPSA) is 38.5 Å². The van der Waals surface area contributed by atoms with Crippen LogP contribution >= 0.6 is 12.2 Å². The van der Waals surface area contributed by atoms with Gasteiger partial charge in [-0.05, 0) is 30.4 Å². The molecule has 0 aliphatic carbocycles. The van der Waals surface area contributed by atoms with Crippen LogP contribution in [0, 0.1) is 0 Å². The lowest BCUT2D eigenvalue weighted by Crippen LogP contribution is -2.36. The van der Waals surface area contributed by atoms with E-state index < -0.39 is 0 Å². The Hall–Kier alpha value is -1.65. The molecule has 2 aromatic rings. The van der Waals surface area contributed by atoms with Gasteiger partial charge in [-0.25, -0.2) is 0 Å². The first-order chi connectivity index (χ1) is 10.2. The Balaban J connectivity index is 2.00. The average molecular weight is 300 g/mol. The summed E-state index contributed by atoms with van der Waals surface area (Å²) in [5, 5.41) is 2.36. The number of piperidine rings is 1. The minimum Gasteiger partial charge on any atom is -0.389 e. The highest BCUT2D eigenvalue weighted by molar-refractivity contribution is 7.80. The van der Waals surface area contributed by atoms with E-state index in [1.807, 2.05) is 12.1 Å². The summed E-state index contributed by atoms with van der Waals surface area (Å²) >= 11 is 5.17. The molecule has 1 fully saturated rings. The fourth-order valence-electron chi connectivity index (χ4n) is 3.11. The largest absolute Gasteiger partial charge is 0.389 e. The summed E-state index contributed by atoms with van der Waals surface area (Å²) in [6, 6.07) is 12.5. The van der Waals surface area contributed by atoms with Crippen molar-refractivity contribution in [1.82, 2.24) is 0 Å². The number of rotatable bonds is 3. The molecule has 1 heterocycles. The molecule has 0 bridgehead atoms. The molecule has 0 unspecified atom stereocenters. The molecule has 4 heteroatoms. The van der Waals surface area contributed by atoms with Crippen LogP contribution in [0.1, 0.15) is 18.4 Å². The minimum absolute atomic E-state index is 0.392. The molecule has 0 aromatic heterocycles. The van der Waals surface area contributed by atoms with Gasteiger partial charge in [-0.15, -0.1) is 0 Å². The second-order valence-electron chi connectivity index (χ2n) is 5.46. The maximum absolute atomic E-state index is 5.85. The summed E-state index contributed by atoms with van der Waals surface area (Å²) in [5.74, 6) is 0. The van der Waals surface area contributed by atoms with E-state index in [1.165, 1.54) is 11.1 Å². The molecule has 110 valence electrons. The third-order valence-electron chi connectivity index (χ3n) is 4.28. The van der Waals surface area contributed by atoms with Crippen molar-refractivity contribution in [3.63, 3.8) is 0 Å². The fourth-order valence-corrected chi connectivity index (χ4v) is 3.28. The molecule has 0 amide bonds. The summed E-state index contributed by atoms with van der Waals surface area (Å²) in [4.78, 5) is 2.89. The predicted octanol–water partition coefficient (Wildman–Crippen LogP) is 3.09. The predicted molar refractivity (Wildman–Crippen MR) is 92.1 cm³/mol. The van der Waals surface area contributed by atoms with Gasteiger partial charge >= 0.3 is 0 Å². The van der Waals surface area contributed by atoms with Crippen molar-refractivity contribution >= 4 is 33.7 Å². The van der Waals surface area contributed by atoms with Crippen molar-refractivity contribution in [3.8, 4) is 0 Å². The molecule has 0 radical (unpaired) electrons. The summed E-state index contributed by atoms with van der Waals surface area (Å²) in [7, 11) is 1.80. The van der Waals surface area contributed by atoms with Crippen LogP contribution in [0.2, 0.25) is 0 Å². The Morgan fingerprint density at radius 3 is 2.43 bits per heavy atom. The Bertz CT molecular complexity index is 663. The molecule has 2 aromatic carbocycles. The smallest absolute Gasteiger partial charge is 0.104 e. The second-order valence-corrected chi connectivity index (χ2v) is 5.90. The van der Waals surface area contributed by atoms with E-state index in [2.05, 4.69) is 29.2 Å². The van der Waals surface area contributed by atoms with Crippen LogP contribution in [0.4, 0.5) is 5.69 Å². The molecule has 2 N–H and O–H groups in total. The first-order valence-electron chi connectivity index (χ1n) is 7.30. The molecule has 1 aliphatic heterocycles. The number of anilines is 1. The van der Waals surface area contributed by atoms with Gasteiger partial charge in [-0.3, -0.25) is 0 Å². The first-order valence-corrected chi connectivity index (χ1v) is 7.71. The molecule has 1 saturated heterocycles. The highest BCUT2D eigenvalue weighted by atomic mass is 32.1. The van der Waals surface area contributed by atoms with E-state index in [0.29, 0.717) is 11.1 Å². The summed E-state index contributed by atoms with van der Waals surface area (Å²) in [6.07, 6.45) is 2.53. The lowest BCUT2D eigenvalue weighted by Gasteiger charge is -2.33. The van der Waals surface area contributed by atoms with Crippen molar-refractivity contribution in [1.29, 1.82) is 0 Å². The number of nitrogens with two attached hydrogens (primary N) is 1. The molecule has 1 aliphatic rings. The number of fused-ring (bicyclic) bond motifs is 1. The summed E-state index contributed by atoms with van der Waals surface area (Å²) in [5.41, 5.74) is 8.06. The number of nitrogens with zero attached hydrogens (tertiary/aromatic N) is 1. The van der Waals surface area contributed by atoms with Crippen molar-refractivity contribution in [2.45, 2.75) is 18.9 Å². The zero-order valence-electron chi connectivity index (χ0n) is 12.2. The van der Waals surface area contributed by atoms with Gasteiger partial charge < -0.3 is 15.4 Å². The van der Waals surface area contributed by atoms with E-state index in [-0.39, 0.29) is 0 Å². The molecule has 21 heavy (non-hydrogen) atoms. The monoisotopic (exact) mass is 300 g/mol. The van der Waals surface area contributed by atoms with Gasteiger partial charge in [0.2, 0.25) is 0 Å². The average Bonchev–Trinajstić information content (AvgIpc) is 2.54. The molecular formula is C17H20N2OS. The summed E-state index contributed by atoms with van der Waals surface area (Å²) < 4.78 is 5.45. The first kappa shape index (κ1) is 14.3. The van der Waals surface area contributed by atoms with Crippen LogP contribution in [0.5, 0.6) is 0 Å². The zero-order chi connectivity index (χ0) is 14.8. The van der Waals surface area contributed by atoms with Crippen LogP contribution < -0.4 is 10.6 Å². The minimum atomic E-state index is 0.392. The lowest BCUT2D eigenvalue weighted by atomic mass is 10.00. The third kappa shape index (κ3) is 2.74. The van der Waals surface area contributed by atoms with E-state index in [9.17, 15) is 0 Å². The molecular weight excluding hydrogens is 280 g/mol. The zero-order valence-corrected chi connectivity index (χ0v) is 13.0. The number of methoxy groups -OCH3 is 1. The Kier molecular flexibility index (Phi) is 4.08. The van der Waals surface area contributed by atoms with Crippen molar-refractivity contribution < 1.29 is 4.74 Å². The number of hydrogen-bond donors (Lipinski definition) is 1. The molecule has 0 saturated carbocycles. The molecule has 0 spiro atoms. The Morgan fingerprint density at radius 1 is 1.14 bits per heavy atom. The van der Waals surface area contributed by atoms with Gasteiger partial charge in [0, 0.05) is 36.8 Å². The highest BCUT2D eigenvalue weighted by Crippen LogP contribution is 2.31. The van der Waals surface area contributed by atoms with E-state index in [0.717, 1.165) is 36.9 Å². The maximum Gasteiger partial charge on any atom is 0.104 e. The number of ether oxygens (including phenoxy) is 1. The molecule has 3 rings (SSSR count). The van der Waals surface area contributed by atoms with Crippen LogP contribution in [-0.4, -0.2) is 31.3 Å².